The van der Waals surface area contributed by atoms with Gasteiger partial charge in [0.25, 0.3) is 0 Å². The van der Waals surface area contributed by atoms with E-state index in [1.807, 2.05) is 32.9 Å². The minimum atomic E-state index is -0.183. The predicted molar refractivity (Wildman–Crippen MR) is 69.9 cm³/mol. The van der Waals surface area contributed by atoms with Crippen LogP contribution >= 0.6 is 15.9 Å². The zero-order valence-electron chi connectivity index (χ0n) is 9.85. The van der Waals surface area contributed by atoms with Gasteiger partial charge in [0.05, 0.1) is 6.04 Å². The molecular weight excluding hydrogens is 269 g/mol. The highest BCUT2D eigenvalue weighted by Gasteiger charge is 2.15. The van der Waals surface area contributed by atoms with Gasteiger partial charge in [0.1, 0.15) is 5.82 Å². The summed E-state index contributed by atoms with van der Waals surface area (Å²) in [6.07, 6.45) is 2.03. The molecule has 0 aromatic heterocycles. The van der Waals surface area contributed by atoms with E-state index < -0.39 is 0 Å². The summed E-state index contributed by atoms with van der Waals surface area (Å²) in [7, 11) is 0. The van der Waals surface area contributed by atoms with Crippen LogP contribution in [0.3, 0.4) is 0 Å². The molecule has 88 valence electrons. The molecule has 0 saturated heterocycles. The lowest BCUT2D eigenvalue weighted by atomic mass is 10.0. The summed E-state index contributed by atoms with van der Waals surface area (Å²) >= 11 is 3.40. The van der Waals surface area contributed by atoms with E-state index >= 15 is 0 Å². The van der Waals surface area contributed by atoms with Crippen molar-refractivity contribution in [3.05, 3.63) is 45.7 Å². The number of hydrogen-bond acceptors (Lipinski definition) is 1. The summed E-state index contributed by atoms with van der Waals surface area (Å²) in [5.41, 5.74) is 1.84. The van der Waals surface area contributed by atoms with Crippen molar-refractivity contribution in [1.82, 2.24) is 5.32 Å². The number of hydrogen-bond donors (Lipinski definition) is 1. The summed E-state index contributed by atoms with van der Waals surface area (Å²) in [6.45, 7) is 6.84. The fourth-order valence-electron chi connectivity index (χ4n) is 1.61. The molecule has 0 aliphatic carbocycles. The van der Waals surface area contributed by atoms with Crippen molar-refractivity contribution in [2.45, 2.75) is 26.8 Å². The van der Waals surface area contributed by atoms with Crippen molar-refractivity contribution in [2.24, 2.45) is 0 Å². The second-order valence-electron chi connectivity index (χ2n) is 3.91. The number of benzene rings is 1. The van der Waals surface area contributed by atoms with Crippen molar-refractivity contribution in [2.75, 3.05) is 6.54 Å². The second-order valence-corrected chi connectivity index (χ2v) is 4.77. The first-order valence-corrected chi connectivity index (χ1v) is 6.17. The molecule has 16 heavy (non-hydrogen) atoms. The first-order valence-electron chi connectivity index (χ1n) is 5.38. The van der Waals surface area contributed by atoms with Crippen LogP contribution in [0.4, 0.5) is 4.39 Å². The van der Waals surface area contributed by atoms with E-state index in [0.29, 0.717) is 5.56 Å². The molecule has 0 bridgehead atoms. The predicted octanol–water partition coefficient (Wildman–Crippen LogP) is 4.21. The van der Waals surface area contributed by atoms with Crippen LogP contribution in [0.5, 0.6) is 0 Å². The zero-order valence-corrected chi connectivity index (χ0v) is 11.4. The molecule has 0 spiro atoms. The molecule has 1 aromatic carbocycles. The Kier molecular flexibility index (Phi) is 5.16. The molecule has 1 aromatic rings. The average molecular weight is 286 g/mol. The molecule has 0 heterocycles. The lowest BCUT2D eigenvalue weighted by Crippen LogP contribution is -2.20. The molecule has 0 radical (unpaired) electrons. The number of likely N-dealkylation sites (N-methyl/N-ethyl adjacent to an activating group) is 1. The van der Waals surface area contributed by atoms with E-state index in [-0.39, 0.29) is 11.9 Å². The van der Waals surface area contributed by atoms with E-state index in [9.17, 15) is 4.39 Å². The molecule has 0 fully saturated rings. The Balaban J connectivity index is 3.15. The maximum atomic E-state index is 13.8. The Bertz CT molecular complexity index is 363. The van der Waals surface area contributed by atoms with Crippen molar-refractivity contribution in [3.63, 3.8) is 0 Å². The maximum absolute atomic E-state index is 13.8. The second kappa shape index (κ2) is 6.16. The lowest BCUT2D eigenvalue weighted by Gasteiger charge is -2.17. The van der Waals surface area contributed by atoms with Crippen LogP contribution in [0.1, 0.15) is 32.4 Å². The molecule has 1 atom stereocenters. The molecule has 1 nitrogen and oxygen atoms in total. The normalized spacial score (nSPS) is 12.3. The lowest BCUT2D eigenvalue weighted by molar-refractivity contribution is 0.563. The minimum Gasteiger partial charge on any atom is -0.307 e. The topological polar surface area (TPSA) is 12.0 Å². The first kappa shape index (κ1) is 13.4. The average Bonchev–Trinajstić information content (AvgIpc) is 2.16. The SMILES string of the molecule is CCNC(C=C(C)C)c1c(F)cccc1Br. The molecule has 0 aliphatic rings. The Morgan fingerprint density at radius 1 is 1.50 bits per heavy atom. The Morgan fingerprint density at radius 3 is 2.69 bits per heavy atom. The third kappa shape index (κ3) is 3.42. The fraction of sp³-hybridized carbons (Fsp3) is 0.385. The van der Waals surface area contributed by atoms with Crippen molar-refractivity contribution in [3.8, 4) is 0 Å². The number of halogens is 2. The quantitative estimate of drug-likeness (QED) is 0.818. The van der Waals surface area contributed by atoms with Crippen LogP contribution in [0.2, 0.25) is 0 Å². The molecule has 0 amide bonds. The number of nitrogens with one attached hydrogen (secondary N) is 1. The zero-order chi connectivity index (χ0) is 12.1. The largest absolute Gasteiger partial charge is 0.307 e. The third-order valence-electron chi connectivity index (χ3n) is 2.23. The third-order valence-corrected chi connectivity index (χ3v) is 2.93. The van der Waals surface area contributed by atoms with E-state index in [0.717, 1.165) is 11.0 Å². The Morgan fingerprint density at radius 2 is 2.19 bits per heavy atom. The van der Waals surface area contributed by atoms with Gasteiger partial charge in [-0.3, -0.25) is 0 Å². The smallest absolute Gasteiger partial charge is 0.129 e. The van der Waals surface area contributed by atoms with E-state index in [4.69, 9.17) is 0 Å². The molecule has 0 aliphatic heterocycles. The van der Waals surface area contributed by atoms with E-state index in [1.165, 1.54) is 11.6 Å². The monoisotopic (exact) mass is 285 g/mol. The van der Waals surface area contributed by atoms with E-state index in [2.05, 4.69) is 21.2 Å². The molecule has 1 unspecified atom stereocenters. The van der Waals surface area contributed by atoms with Crippen LogP contribution in [-0.4, -0.2) is 6.54 Å². The summed E-state index contributed by atoms with van der Waals surface area (Å²) < 4.78 is 14.6. The van der Waals surface area contributed by atoms with Crippen molar-refractivity contribution >= 4 is 15.9 Å². The van der Waals surface area contributed by atoms with Gasteiger partial charge in [0, 0.05) is 10.0 Å². The van der Waals surface area contributed by atoms with Gasteiger partial charge in [-0.25, -0.2) is 4.39 Å². The standard InChI is InChI=1S/C13H17BrFN/c1-4-16-12(8-9(2)3)13-10(14)6-5-7-11(13)15/h5-8,12,16H,4H2,1-3H3. The van der Waals surface area contributed by atoms with Crippen molar-refractivity contribution in [1.29, 1.82) is 0 Å². The van der Waals surface area contributed by atoms with E-state index in [1.54, 1.807) is 6.07 Å². The summed E-state index contributed by atoms with van der Waals surface area (Å²) in [4.78, 5) is 0. The first-order chi connectivity index (χ1) is 7.56. The van der Waals surface area contributed by atoms with Gasteiger partial charge >= 0.3 is 0 Å². The minimum absolute atomic E-state index is 0.0782. The summed E-state index contributed by atoms with van der Waals surface area (Å²) in [5, 5.41) is 3.27. The van der Waals surface area contributed by atoms with Gasteiger partial charge in [0.15, 0.2) is 0 Å². The summed E-state index contributed by atoms with van der Waals surface area (Å²) in [5.74, 6) is -0.183. The molecule has 1 N–H and O–H groups in total. The Labute approximate surface area is 105 Å². The number of rotatable bonds is 4. The Hall–Kier alpha value is -0.670. The van der Waals surface area contributed by atoms with Gasteiger partial charge in [-0.2, -0.15) is 0 Å². The van der Waals surface area contributed by atoms with Crippen molar-refractivity contribution < 1.29 is 4.39 Å². The molecule has 1 rings (SSSR count). The molecular formula is C13H17BrFN. The molecule has 0 saturated carbocycles. The highest BCUT2D eigenvalue weighted by molar-refractivity contribution is 9.10. The van der Waals surface area contributed by atoms with Crippen LogP contribution in [0.15, 0.2) is 34.3 Å². The fourth-order valence-corrected chi connectivity index (χ4v) is 2.19. The van der Waals surface area contributed by atoms with Crippen LogP contribution < -0.4 is 5.32 Å². The van der Waals surface area contributed by atoms with Crippen LogP contribution in [0.25, 0.3) is 0 Å². The van der Waals surface area contributed by atoms with Gasteiger partial charge < -0.3 is 5.32 Å². The highest BCUT2D eigenvalue weighted by Crippen LogP contribution is 2.27. The van der Waals surface area contributed by atoms with Crippen LogP contribution in [0, 0.1) is 5.82 Å². The van der Waals surface area contributed by atoms with Gasteiger partial charge in [-0.05, 0) is 32.5 Å². The van der Waals surface area contributed by atoms with Gasteiger partial charge in [0.2, 0.25) is 0 Å². The number of allylic oxidation sites excluding steroid dienone is 1. The van der Waals surface area contributed by atoms with Gasteiger partial charge in [-0.1, -0.05) is 40.6 Å². The van der Waals surface area contributed by atoms with Crippen LogP contribution in [-0.2, 0) is 0 Å². The molecule has 3 heteroatoms. The van der Waals surface area contributed by atoms with Gasteiger partial charge in [-0.15, -0.1) is 0 Å². The summed E-state index contributed by atoms with van der Waals surface area (Å²) in [6, 6.07) is 4.98. The highest BCUT2D eigenvalue weighted by atomic mass is 79.9. The maximum Gasteiger partial charge on any atom is 0.129 e.